The zero-order valence-electron chi connectivity index (χ0n) is 15.5. The van der Waals surface area contributed by atoms with Crippen LogP contribution in [0, 0.1) is 5.82 Å². The quantitative estimate of drug-likeness (QED) is 0.567. The lowest BCUT2D eigenvalue weighted by atomic mass is 9.99. The monoisotopic (exact) mass is 423 g/mol. The fourth-order valence-corrected chi connectivity index (χ4v) is 3.65. The molecular weight excluding hydrogens is 405 g/mol. The van der Waals surface area contributed by atoms with E-state index in [1.165, 1.54) is 36.5 Å². The zero-order valence-corrected chi connectivity index (χ0v) is 16.3. The standard InChI is InChI=1S/C18H19ClFN5O4/c1-21-16-11-17(23-6-22-16)25(7-24-11)18-13(27)12(26)15(29-18)14(28-2)8-3-4-9(19)10(20)5-8/h3-7,12-15,18,26-27H,1-2H3,(H,21,22,23)/t12-,13+,14+,15-,18+/m0/s1. The van der Waals surface area contributed by atoms with Crippen molar-refractivity contribution in [3.63, 3.8) is 0 Å². The van der Waals surface area contributed by atoms with Gasteiger partial charge in [0.05, 0.1) is 11.3 Å². The Morgan fingerprint density at radius 2 is 2.07 bits per heavy atom. The van der Waals surface area contributed by atoms with Crippen LogP contribution in [-0.2, 0) is 9.47 Å². The van der Waals surface area contributed by atoms with E-state index >= 15 is 0 Å². The van der Waals surface area contributed by atoms with Crippen LogP contribution in [0.15, 0.2) is 30.9 Å². The van der Waals surface area contributed by atoms with Crippen LogP contribution in [0.25, 0.3) is 11.2 Å². The molecule has 1 saturated heterocycles. The number of ether oxygens (including phenoxy) is 2. The Hall–Kier alpha value is -2.37. The third kappa shape index (κ3) is 3.32. The smallest absolute Gasteiger partial charge is 0.167 e. The molecule has 0 saturated carbocycles. The third-order valence-corrected chi connectivity index (χ3v) is 5.28. The highest BCUT2D eigenvalue weighted by Gasteiger charge is 2.48. The molecule has 11 heteroatoms. The van der Waals surface area contributed by atoms with Gasteiger partial charge in [-0.1, -0.05) is 17.7 Å². The van der Waals surface area contributed by atoms with Gasteiger partial charge in [-0.15, -0.1) is 0 Å². The summed E-state index contributed by atoms with van der Waals surface area (Å²) in [5, 5.41) is 24.2. The number of fused-ring (bicyclic) bond motifs is 1. The number of anilines is 1. The molecule has 9 nitrogen and oxygen atoms in total. The summed E-state index contributed by atoms with van der Waals surface area (Å²) in [5.41, 5.74) is 1.33. The molecule has 0 bridgehead atoms. The van der Waals surface area contributed by atoms with Gasteiger partial charge >= 0.3 is 0 Å². The van der Waals surface area contributed by atoms with Crippen LogP contribution in [0.1, 0.15) is 17.9 Å². The number of hydrogen-bond acceptors (Lipinski definition) is 8. The van der Waals surface area contributed by atoms with E-state index in [9.17, 15) is 14.6 Å². The summed E-state index contributed by atoms with van der Waals surface area (Å²) < 4.78 is 26.8. The Kier molecular flexibility index (Phi) is 5.36. The average Bonchev–Trinajstić information content (AvgIpc) is 3.27. The molecule has 0 amide bonds. The van der Waals surface area contributed by atoms with Gasteiger partial charge in [-0.3, -0.25) is 4.57 Å². The first-order chi connectivity index (χ1) is 14.0. The molecule has 0 spiro atoms. The minimum absolute atomic E-state index is 0.0284. The number of methoxy groups -OCH3 is 1. The molecule has 0 aliphatic carbocycles. The summed E-state index contributed by atoms with van der Waals surface area (Å²) >= 11 is 5.75. The molecule has 29 heavy (non-hydrogen) atoms. The van der Waals surface area contributed by atoms with Crippen LogP contribution in [0.2, 0.25) is 5.02 Å². The highest BCUT2D eigenvalue weighted by atomic mass is 35.5. The highest BCUT2D eigenvalue weighted by Crippen LogP contribution is 2.39. The number of nitrogens with zero attached hydrogens (tertiary/aromatic N) is 4. The highest BCUT2D eigenvalue weighted by molar-refractivity contribution is 6.30. The minimum atomic E-state index is -1.30. The second-order valence-electron chi connectivity index (χ2n) is 6.60. The van der Waals surface area contributed by atoms with E-state index in [-0.39, 0.29) is 5.02 Å². The summed E-state index contributed by atoms with van der Waals surface area (Å²) in [6.07, 6.45) is -2.57. The molecule has 0 radical (unpaired) electrons. The molecule has 5 atom stereocenters. The van der Waals surface area contributed by atoms with Gasteiger partial charge in [-0.25, -0.2) is 19.3 Å². The van der Waals surface area contributed by atoms with Crippen molar-refractivity contribution in [2.75, 3.05) is 19.5 Å². The number of aliphatic hydroxyl groups is 2. The first kappa shape index (κ1) is 19.9. The summed E-state index contributed by atoms with van der Waals surface area (Å²) in [6, 6.07) is 4.19. The molecule has 1 aromatic carbocycles. The second kappa shape index (κ2) is 7.81. The first-order valence-corrected chi connectivity index (χ1v) is 9.18. The maximum atomic E-state index is 13.9. The zero-order chi connectivity index (χ0) is 20.7. The molecule has 1 aliphatic rings. The van der Waals surface area contributed by atoms with E-state index in [0.29, 0.717) is 22.5 Å². The fraction of sp³-hybridized carbons (Fsp3) is 0.389. The maximum absolute atomic E-state index is 13.9. The number of halogens is 2. The Morgan fingerprint density at radius 1 is 1.28 bits per heavy atom. The molecule has 0 unspecified atom stereocenters. The predicted octanol–water partition coefficient (Wildman–Crippen LogP) is 1.67. The molecule has 1 fully saturated rings. The van der Waals surface area contributed by atoms with Crippen LogP contribution in [0.3, 0.4) is 0 Å². The van der Waals surface area contributed by atoms with E-state index in [2.05, 4.69) is 20.3 Å². The number of benzene rings is 1. The van der Waals surface area contributed by atoms with Gasteiger partial charge in [0.2, 0.25) is 0 Å². The Bertz CT molecular complexity index is 1030. The Morgan fingerprint density at radius 3 is 2.76 bits per heavy atom. The minimum Gasteiger partial charge on any atom is -0.387 e. The molecule has 1 aliphatic heterocycles. The van der Waals surface area contributed by atoms with E-state index < -0.39 is 36.5 Å². The summed E-state index contributed by atoms with van der Waals surface area (Å²) in [7, 11) is 3.11. The largest absolute Gasteiger partial charge is 0.387 e. The lowest BCUT2D eigenvalue weighted by Crippen LogP contribution is -2.35. The Balaban J connectivity index is 1.68. The number of nitrogens with one attached hydrogen (secondary N) is 1. The van der Waals surface area contributed by atoms with E-state index in [1.807, 2.05) is 0 Å². The van der Waals surface area contributed by atoms with Crippen LogP contribution < -0.4 is 5.32 Å². The number of rotatable bonds is 5. The van der Waals surface area contributed by atoms with Crippen LogP contribution in [0.4, 0.5) is 10.2 Å². The lowest BCUT2D eigenvalue weighted by molar-refractivity contribution is -0.0976. The predicted molar refractivity (Wildman–Crippen MR) is 102 cm³/mol. The van der Waals surface area contributed by atoms with Crippen molar-refractivity contribution in [2.45, 2.75) is 30.6 Å². The van der Waals surface area contributed by atoms with Gasteiger partial charge in [0.25, 0.3) is 0 Å². The number of aliphatic hydroxyl groups excluding tert-OH is 2. The molecule has 154 valence electrons. The van der Waals surface area contributed by atoms with Gasteiger partial charge in [-0.05, 0) is 17.7 Å². The van der Waals surface area contributed by atoms with Gasteiger partial charge < -0.3 is 25.0 Å². The van der Waals surface area contributed by atoms with E-state index in [4.69, 9.17) is 21.1 Å². The van der Waals surface area contributed by atoms with Crippen LogP contribution >= 0.6 is 11.6 Å². The van der Waals surface area contributed by atoms with Crippen LogP contribution in [-0.4, -0.2) is 62.2 Å². The summed E-state index contributed by atoms with van der Waals surface area (Å²) in [5.74, 6) is -0.0996. The molecule has 3 N–H and O–H groups in total. The van der Waals surface area contributed by atoms with Gasteiger partial charge in [0.1, 0.15) is 42.1 Å². The third-order valence-electron chi connectivity index (χ3n) is 4.97. The Labute approximate surface area is 170 Å². The second-order valence-corrected chi connectivity index (χ2v) is 7.01. The SMILES string of the molecule is CNc1ncnc2c1ncn2[C@@H]1O[C@H]([C@H](OC)c2ccc(Cl)c(F)c2)[C@@H](O)[C@H]1O. The summed E-state index contributed by atoms with van der Waals surface area (Å²) in [6.45, 7) is 0. The van der Waals surface area contributed by atoms with Crippen molar-refractivity contribution in [3.8, 4) is 0 Å². The first-order valence-electron chi connectivity index (χ1n) is 8.81. The van der Waals surface area contributed by atoms with Crippen molar-refractivity contribution in [1.29, 1.82) is 0 Å². The lowest BCUT2D eigenvalue weighted by Gasteiger charge is -2.25. The van der Waals surface area contributed by atoms with E-state index in [0.717, 1.165) is 0 Å². The van der Waals surface area contributed by atoms with Crippen molar-refractivity contribution >= 4 is 28.6 Å². The maximum Gasteiger partial charge on any atom is 0.167 e. The van der Waals surface area contributed by atoms with Crippen molar-refractivity contribution in [1.82, 2.24) is 19.5 Å². The molecule has 3 heterocycles. The topological polar surface area (TPSA) is 115 Å². The van der Waals surface area contributed by atoms with Gasteiger partial charge in [0.15, 0.2) is 17.7 Å². The van der Waals surface area contributed by atoms with Gasteiger partial charge in [0, 0.05) is 14.2 Å². The van der Waals surface area contributed by atoms with Crippen molar-refractivity contribution in [3.05, 3.63) is 47.3 Å². The molecule has 4 rings (SSSR count). The van der Waals surface area contributed by atoms with E-state index in [1.54, 1.807) is 13.1 Å². The average molecular weight is 424 g/mol. The van der Waals surface area contributed by atoms with Crippen molar-refractivity contribution in [2.24, 2.45) is 0 Å². The van der Waals surface area contributed by atoms with Crippen molar-refractivity contribution < 1.29 is 24.1 Å². The fourth-order valence-electron chi connectivity index (χ4n) is 3.54. The molecular formula is C18H19ClFN5O4. The normalized spacial score (nSPS) is 25.4. The molecule has 2 aromatic heterocycles. The van der Waals surface area contributed by atoms with Crippen LogP contribution in [0.5, 0.6) is 0 Å². The number of aromatic nitrogens is 4. The molecule has 3 aromatic rings. The number of imidazole rings is 1. The van der Waals surface area contributed by atoms with Gasteiger partial charge in [-0.2, -0.15) is 0 Å². The number of hydrogen-bond donors (Lipinski definition) is 3. The summed E-state index contributed by atoms with van der Waals surface area (Å²) in [4.78, 5) is 12.6.